The van der Waals surface area contributed by atoms with E-state index in [2.05, 4.69) is 13.0 Å². The van der Waals surface area contributed by atoms with Crippen LogP contribution in [0.1, 0.15) is 44.1 Å². The predicted octanol–water partition coefficient (Wildman–Crippen LogP) is 3.96. The first-order chi connectivity index (χ1) is 7.27. The number of unbranched alkanes of at least 4 members (excludes halogenated alkanes) is 2. The molecule has 1 nitrogen and oxygen atoms in total. The standard InChI is InChI=1S/C13H20ClN/c1-2-3-4-6-12(10-15)11-7-5-8-13(14)9-11/h5,7-9,12H,2-4,6,10,15H2,1H3. The van der Waals surface area contributed by atoms with E-state index in [9.17, 15) is 0 Å². The Kier molecular flexibility index (Phi) is 5.74. The molecule has 1 unspecified atom stereocenters. The smallest absolute Gasteiger partial charge is 0.0408 e. The highest BCUT2D eigenvalue weighted by Gasteiger charge is 2.09. The maximum atomic E-state index is 5.97. The Morgan fingerprint density at radius 3 is 2.73 bits per heavy atom. The van der Waals surface area contributed by atoms with E-state index < -0.39 is 0 Å². The summed E-state index contributed by atoms with van der Waals surface area (Å²) in [6, 6.07) is 8.06. The Balaban J connectivity index is 2.57. The normalized spacial score (nSPS) is 12.7. The molecule has 0 aliphatic heterocycles. The van der Waals surface area contributed by atoms with Gasteiger partial charge in [-0.15, -0.1) is 0 Å². The van der Waals surface area contributed by atoms with Crippen LogP contribution in [0.3, 0.4) is 0 Å². The van der Waals surface area contributed by atoms with Crippen LogP contribution in [-0.2, 0) is 0 Å². The molecule has 0 spiro atoms. The highest BCUT2D eigenvalue weighted by Crippen LogP contribution is 2.23. The Morgan fingerprint density at radius 2 is 2.13 bits per heavy atom. The van der Waals surface area contributed by atoms with Crippen LogP contribution in [0.5, 0.6) is 0 Å². The number of hydrogen-bond donors (Lipinski definition) is 1. The van der Waals surface area contributed by atoms with Gasteiger partial charge in [0.25, 0.3) is 0 Å². The molecule has 84 valence electrons. The molecule has 0 aliphatic rings. The molecule has 1 rings (SSSR count). The minimum absolute atomic E-state index is 0.468. The lowest BCUT2D eigenvalue weighted by molar-refractivity contribution is 0.572. The molecular weight excluding hydrogens is 206 g/mol. The van der Waals surface area contributed by atoms with Gasteiger partial charge in [0.15, 0.2) is 0 Å². The molecule has 15 heavy (non-hydrogen) atoms. The highest BCUT2D eigenvalue weighted by atomic mass is 35.5. The van der Waals surface area contributed by atoms with Crippen molar-refractivity contribution < 1.29 is 0 Å². The summed E-state index contributed by atoms with van der Waals surface area (Å²) in [5, 5.41) is 0.807. The van der Waals surface area contributed by atoms with Gasteiger partial charge in [0.05, 0.1) is 0 Å². The summed E-state index contributed by atoms with van der Waals surface area (Å²) in [5.41, 5.74) is 7.07. The van der Waals surface area contributed by atoms with Crippen molar-refractivity contribution in [3.63, 3.8) is 0 Å². The van der Waals surface area contributed by atoms with E-state index in [1.165, 1.54) is 31.2 Å². The first kappa shape index (κ1) is 12.5. The molecule has 0 bridgehead atoms. The molecule has 0 saturated carbocycles. The third-order valence-corrected chi connectivity index (χ3v) is 3.00. The summed E-state index contributed by atoms with van der Waals surface area (Å²) in [7, 11) is 0. The molecule has 0 amide bonds. The van der Waals surface area contributed by atoms with Crippen LogP contribution in [-0.4, -0.2) is 6.54 Å². The molecule has 0 heterocycles. The molecular formula is C13H20ClN. The zero-order valence-electron chi connectivity index (χ0n) is 9.38. The fourth-order valence-electron chi connectivity index (χ4n) is 1.82. The van der Waals surface area contributed by atoms with Crippen molar-refractivity contribution in [3.05, 3.63) is 34.9 Å². The summed E-state index contributed by atoms with van der Waals surface area (Å²) in [5.74, 6) is 0.468. The van der Waals surface area contributed by atoms with Crippen molar-refractivity contribution in [1.29, 1.82) is 0 Å². The van der Waals surface area contributed by atoms with E-state index in [1.807, 2.05) is 18.2 Å². The van der Waals surface area contributed by atoms with Crippen LogP contribution in [0.2, 0.25) is 5.02 Å². The SMILES string of the molecule is CCCCCC(CN)c1cccc(Cl)c1. The lowest BCUT2D eigenvalue weighted by Gasteiger charge is -2.15. The van der Waals surface area contributed by atoms with Crippen LogP contribution < -0.4 is 5.73 Å². The number of nitrogens with two attached hydrogens (primary N) is 1. The topological polar surface area (TPSA) is 26.0 Å². The summed E-state index contributed by atoms with van der Waals surface area (Å²) in [6.45, 7) is 2.93. The maximum Gasteiger partial charge on any atom is 0.0408 e. The second kappa shape index (κ2) is 6.86. The molecule has 0 radical (unpaired) electrons. The average molecular weight is 226 g/mol. The minimum atomic E-state index is 0.468. The third-order valence-electron chi connectivity index (χ3n) is 2.76. The fourth-order valence-corrected chi connectivity index (χ4v) is 2.02. The van der Waals surface area contributed by atoms with Crippen molar-refractivity contribution in [2.45, 2.75) is 38.5 Å². The minimum Gasteiger partial charge on any atom is -0.330 e. The van der Waals surface area contributed by atoms with Gasteiger partial charge in [-0.25, -0.2) is 0 Å². The Hall–Kier alpha value is -0.530. The molecule has 2 heteroatoms. The van der Waals surface area contributed by atoms with Gasteiger partial charge in [-0.3, -0.25) is 0 Å². The molecule has 0 saturated heterocycles. The molecule has 2 N–H and O–H groups in total. The summed E-state index contributed by atoms with van der Waals surface area (Å²) >= 11 is 5.97. The Bertz CT molecular complexity index is 286. The third kappa shape index (κ3) is 4.23. The molecule has 1 aromatic rings. The van der Waals surface area contributed by atoms with Crippen LogP contribution in [0.25, 0.3) is 0 Å². The van der Waals surface area contributed by atoms with Gasteiger partial charge in [-0.1, -0.05) is 49.9 Å². The van der Waals surface area contributed by atoms with E-state index in [4.69, 9.17) is 17.3 Å². The quantitative estimate of drug-likeness (QED) is 0.729. The summed E-state index contributed by atoms with van der Waals surface area (Å²) < 4.78 is 0. The van der Waals surface area contributed by atoms with E-state index >= 15 is 0 Å². The van der Waals surface area contributed by atoms with E-state index in [0.717, 1.165) is 5.02 Å². The van der Waals surface area contributed by atoms with Gasteiger partial charge in [-0.2, -0.15) is 0 Å². The zero-order chi connectivity index (χ0) is 11.1. The van der Waals surface area contributed by atoms with E-state index in [1.54, 1.807) is 0 Å². The number of rotatable bonds is 6. The summed E-state index contributed by atoms with van der Waals surface area (Å²) in [6.07, 6.45) is 4.97. The molecule has 1 atom stereocenters. The molecule has 1 aromatic carbocycles. The zero-order valence-corrected chi connectivity index (χ0v) is 10.1. The molecule has 0 fully saturated rings. The fraction of sp³-hybridized carbons (Fsp3) is 0.538. The van der Waals surface area contributed by atoms with Crippen LogP contribution in [0.15, 0.2) is 24.3 Å². The van der Waals surface area contributed by atoms with Crippen LogP contribution in [0, 0.1) is 0 Å². The van der Waals surface area contributed by atoms with Crippen LogP contribution in [0.4, 0.5) is 0 Å². The van der Waals surface area contributed by atoms with E-state index in [-0.39, 0.29) is 0 Å². The monoisotopic (exact) mass is 225 g/mol. The number of hydrogen-bond acceptors (Lipinski definition) is 1. The largest absolute Gasteiger partial charge is 0.330 e. The van der Waals surface area contributed by atoms with Gasteiger partial charge in [0.2, 0.25) is 0 Å². The van der Waals surface area contributed by atoms with Crippen molar-refractivity contribution in [2.24, 2.45) is 5.73 Å². The van der Waals surface area contributed by atoms with Gasteiger partial charge >= 0.3 is 0 Å². The van der Waals surface area contributed by atoms with Crippen molar-refractivity contribution >= 4 is 11.6 Å². The van der Waals surface area contributed by atoms with E-state index in [0.29, 0.717) is 12.5 Å². The maximum absolute atomic E-state index is 5.97. The van der Waals surface area contributed by atoms with Gasteiger partial charge in [0.1, 0.15) is 0 Å². The van der Waals surface area contributed by atoms with Gasteiger partial charge in [0, 0.05) is 5.02 Å². The van der Waals surface area contributed by atoms with Crippen molar-refractivity contribution in [2.75, 3.05) is 6.54 Å². The Labute approximate surface area is 97.6 Å². The first-order valence-electron chi connectivity index (χ1n) is 5.73. The second-order valence-corrected chi connectivity index (χ2v) is 4.42. The first-order valence-corrected chi connectivity index (χ1v) is 6.11. The second-order valence-electron chi connectivity index (χ2n) is 3.98. The Morgan fingerprint density at radius 1 is 1.33 bits per heavy atom. The number of halogens is 1. The average Bonchev–Trinajstić information content (AvgIpc) is 2.24. The summed E-state index contributed by atoms with van der Waals surface area (Å²) in [4.78, 5) is 0. The predicted molar refractivity (Wildman–Crippen MR) is 67.4 cm³/mol. The lowest BCUT2D eigenvalue weighted by Crippen LogP contribution is -2.12. The number of benzene rings is 1. The van der Waals surface area contributed by atoms with Crippen molar-refractivity contribution in [3.8, 4) is 0 Å². The molecule has 0 aromatic heterocycles. The van der Waals surface area contributed by atoms with Gasteiger partial charge in [-0.05, 0) is 36.6 Å². The lowest BCUT2D eigenvalue weighted by atomic mass is 9.93. The van der Waals surface area contributed by atoms with Crippen LogP contribution >= 0.6 is 11.6 Å². The van der Waals surface area contributed by atoms with Crippen molar-refractivity contribution in [1.82, 2.24) is 0 Å². The highest BCUT2D eigenvalue weighted by molar-refractivity contribution is 6.30. The van der Waals surface area contributed by atoms with Gasteiger partial charge < -0.3 is 5.73 Å². The molecule has 0 aliphatic carbocycles.